The average Bonchev–Trinajstić information content (AvgIpc) is 3.23. The van der Waals surface area contributed by atoms with E-state index in [0.717, 1.165) is 34.7 Å². The molecular weight excluding hydrogens is 543 g/mol. The number of sulfone groups is 1. The molecule has 1 aliphatic carbocycles. The maximum atomic E-state index is 15.1. The molecule has 9 nitrogen and oxygen atoms in total. The molecule has 206 valence electrons. The number of halogens is 1. The number of amides is 2. The van der Waals surface area contributed by atoms with Crippen molar-refractivity contribution in [2.24, 2.45) is 5.73 Å². The second-order valence-electron chi connectivity index (χ2n) is 9.92. The lowest BCUT2D eigenvalue weighted by molar-refractivity contribution is -0.123. The second-order valence-corrected chi connectivity index (χ2v) is 12.9. The van der Waals surface area contributed by atoms with Crippen molar-refractivity contribution >= 4 is 38.1 Å². The number of benzene rings is 2. The van der Waals surface area contributed by atoms with Crippen molar-refractivity contribution in [3.63, 3.8) is 0 Å². The molecule has 2 aromatic carbocycles. The number of anilines is 1. The van der Waals surface area contributed by atoms with Crippen LogP contribution in [0, 0.1) is 5.82 Å². The summed E-state index contributed by atoms with van der Waals surface area (Å²) in [5, 5.41) is 3.27. The number of hydrogen-bond donors (Lipinski definition) is 2. The summed E-state index contributed by atoms with van der Waals surface area (Å²) in [7, 11) is -3.77. The first-order valence-electron chi connectivity index (χ1n) is 12.6. The monoisotopic (exact) mass is 572 g/mol. The highest BCUT2D eigenvalue weighted by atomic mass is 32.2. The van der Waals surface area contributed by atoms with Crippen molar-refractivity contribution in [3.8, 4) is 16.2 Å². The summed E-state index contributed by atoms with van der Waals surface area (Å²) in [6.45, 7) is 2.43. The number of nitrogens with zero attached hydrogens (tertiary/aromatic N) is 2. The zero-order chi connectivity index (χ0) is 27.9. The van der Waals surface area contributed by atoms with E-state index in [2.05, 4.69) is 10.3 Å². The summed E-state index contributed by atoms with van der Waals surface area (Å²) in [6.07, 6.45) is 5.03. The number of fused-ring (bicyclic) bond motifs is 1. The van der Waals surface area contributed by atoms with Gasteiger partial charge in [-0.25, -0.2) is 17.8 Å². The Bertz CT molecular complexity index is 1570. The van der Waals surface area contributed by atoms with Crippen LogP contribution in [0.25, 0.3) is 10.4 Å². The van der Waals surface area contributed by atoms with Crippen molar-refractivity contribution in [2.75, 3.05) is 24.7 Å². The van der Waals surface area contributed by atoms with Crippen molar-refractivity contribution in [1.82, 2.24) is 9.88 Å². The van der Waals surface area contributed by atoms with Crippen LogP contribution in [-0.4, -0.2) is 55.1 Å². The molecule has 0 saturated heterocycles. The smallest absolute Gasteiger partial charge is 0.254 e. The zero-order valence-corrected chi connectivity index (χ0v) is 23.3. The summed E-state index contributed by atoms with van der Waals surface area (Å²) in [6, 6.07) is 8.16. The van der Waals surface area contributed by atoms with Gasteiger partial charge >= 0.3 is 0 Å². The number of nitrogens with one attached hydrogen (secondary N) is 1. The van der Waals surface area contributed by atoms with Gasteiger partial charge in [0.05, 0.1) is 17.0 Å². The topological polar surface area (TPSA) is 132 Å². The molecule has 0 unspecified atom stereocenters. The van der Waals surface area contributed by atoms with Crippen LogP contribution < -0.4 is 15.8 Å². The molecule has 2 amide bonds. The zero-order valence-electron chi connectivity index (χ0n) is 21.6. The van der Waals surface area contributed by atoms with Gasteiger partial charge in [0.25, 0.3) is 5.91 Å². The molecule has 3 aromatic rings. The minimum Gasteiger partial charge on any atom is -0.491 e. The van der Waals surface area contributed by atoms with Gasteiger partial charge in [-0.3, -0.25) is 9.59 Å². The van der Waals surface area contributed by atoms with Gasteiger partial charge < -0.3 is 20.7 Å². The Hall–Kier alpha value is -3.35. The molecule has 1 aromatic heterocycles. The fraction of sp³-hybridized carbons (Fsp3) is 0.370. The van der Waals surface area contributed by atoms with Crippen molar-refractivity contribution in [2.45, 2.75) is 49.6 Å². The molecule has 1 fully saturated rings. The molecule has 0 radical (unpaired) electrons. The maximum Gasteiger partial charge on any atom is 0.254 e. The Morgan fingerprint density at radius 1 is 1.26 bits per heavy atom. The average molecular weight is 573 g/mol. The Balaban J connectivity index is 1.38. The third-order valence-electron chi connectivity index (χ3n) is 7.23. The minimum atomic E-state index is -3.77. The predicted octanol–water partition coefficient (Wildman–Crippen LogP) is 3.77. The molecule has 0 atom stereocenters. The van der Waals surface area contributed by atoms with Gasteiger partial charge in [-0.1, -0.05) is 18.3 Å². The molecule has 0 bridgehead atoms. The lowest BCUT2D eigenvalue weighted by atomic mass is 9.77. The SMILES string of the molecule is CCc1c(C(=O)N2CCOc3ccc(-c4cnc(NC(=O)C5(N)CCC5)s4)cc3C2)ccc(S(C)(=O)=O)c1F. The first-order chi connectivity index (χ1) is 18.5. The lowest BCUT2D eigenvalue weighted by Gasteiger charge is -2.35. The van der Waals surface area contributed by atoms with Crippen molar-refractivity contribution in [1.29, 1.82) is 0 Å². The molecule has 5 rings (SSSR count). The van der Waals surface area contributed by atoms with Gasteiger partial charge in [0.1, 0.15) is 23.1 Å². The number of hydrogen-bond acceptors (Lipinski definition) is 8. The number of ether oxygens (including phenoxy) is 1. The second kappa shape index (κ2) is 10.3. The van der Waals surface area contributed by atoms with E-state index in [1.807, 2.05) is 18.2 Å². The van der Waals surface area contributed by atoms with Crippen LogP contribution >= 0.6 is 11.3 Å². The van der Waals surface area contributed by atoms with E-state index in [9.17, 15) is 18.0 Å². The Morgan fingerprint density at radius 2 is 2.03 bits per heavy atom. The standard InChI is InChI=1S/C27H29FN4O5S2/c1-3-18-19(6-8-22(23(18)28)39(2,35)36)24(33)32-11-12-37-20-7-5-16(13-17(20)15-32)21-14-30-26(38-21)31-25(34)27(29)9-4-10-27/h5-8,13-14H,3-4,9-12,15,29H2,1-2H3,(H,30,31,34). The van der Waals surface area contributed by atoms with Gasteiger partial charge in [0, 0.05) is 35.7 Å². The van der Waals surface area contributed by atoms with E-state index in [-0.39, 0.29) is 43.2 Å². The van der Waals surface area contributed by atoms with Gasteiger partial charge in [-0.15, -0.1) is 0 Å². The summed E-state index contributed by atoms with van der Waals surface area (Å²) >= 11 is 1.32. The van der Waals surface area contributed by atoms with Crippen LogP contribution in [0.5, 0.6) is 5.75 Å². The number of carbonyl (C=O) groups excluding carboxylic acids is 2. The van der Waals surface area contributed by atoms with E-state index < -0.39 is 32.0 Å². The van der Waals surface area contributed by atoms with Crippen LogP contribution in [0.4, 0.5) is 9.52 Å². The fourth-order valence-corrected chi connectivity index (χ4v) is 6.37. The molecule has 2 heterocycles. The first-order valence-corrected chi connectivity index (χ1v) is 15.3. The van der Waals surface area contributed by atoms with Crippen LogP contribution in [0.15, 0.2) is 41.4 Å². The highest BCUT2D eigenvalue weighted by Gasteiger charge is 2.40. The van der Waals surface area contributed by atoms with Gasteiger partial charge in [0.2, 0.25) is 5.91 Å². The first kappa shape index (κ1) is 27.2. The Kier molecular flexibility index (Phi) is 7.21. The molecule has 39 heavy (non-hydrogen) atoms. The minimum absolute atomic E-state index is 0.0717. The van der Waals surface area contributed by atoms with Gasteiger partial charge in [-0.05, 0) is 61.6 Å². The summed E-state index contributed by atoms with van der Waals surface area (Å²) in [4.78, 5) is 32.3. The fourth-order valence-electron chi connectivity index (χ4n) is 4.80. The lowest BCUT2D eigenvalue weighted by Crippen LogP contribution is -2.56. The molecule has 3 N–H and O–H groups in total. The molecular formula is C27H29FN4O5S2. The third-order valence-corrected chi connectivity index (χ3v) is 9.30. The van der Waals surface area contributed by atoms with Crippen LogP contribution in [0.2, 0.25) is 0 Å². The Labute approximate surface area is 230 Å². The summed E-state index contributed by atoms with van der Waals surface area (Å²) in [5.74, 6) is -0.879. The molecule has 0 spiro atoms. The highest BCUT2D eigenvalue weighted by molar-refractivity contribution is 7.90. The van der Waals surface area contributed by atoms with E-state index in [1.54, 1.807) is 18.0 Å². The quantitative estimate of drug-likeness (QED) is 0.460. The molecule has 2 aliphatic rings. The van der Waals surface area contributed by atoms with Gasteiger partial charge in [0.15, 0.2) is 15.0 Å². The van der Waals surface area contributed by atoms with E-state index in [4.69, 9.17) is 10.5 Å². The van der Waals surface area contributed by atoms with Crippen molar-refractivity contribution < 1.29 is 27.1 Å². The molecule has 1 aliphatic heterocycles. The third kappa shape index (κ3) is 5.28. The van der Waals surface area contributed by atoms with Crippen LogP contribution in [0.3, 0.4) is 0 Å². The number of rotatable bonds is 6. The van der Waals surface area contributed by atoms with Gasteiger partial charge in [-0.2, -0.15) is 0 Å². The predicted molar refractivity (Wildman–Crippen MR) is 146 cm³/mol. The summed E-state index contributed by atoms with van der Waals surface area (Å²) < 4.78 is 44.9. The number of carbonyl (C=O) groups is 2. The normalized spacial score (nSPS) is 16.5. The maximum absolute atomic E-state index is 15.1. The van der Waals surface area contributed by atoms with Crippen LogP contribution in [0.1, 0.15) is 47.7 Å². The molecule has 12 heteroatoms. The van der Waals surface area contributed by atoms with Crippen molar-refractivity contribution in [3.05, 3.63) is 59.0 Å². The van der Waals surface area contributed by atoms with E-state index >= 15 is 4.39 Å². The molecule has 1 saturated carbocycles. The highest BCUT2D eigenvalue weighted by Crippen LogP contribution is 2.35. The van der Waals surface area contributed by atoms with Crippen LogP contribution in [-0.2, 0) is 27.6 Å². The number of nitrogens with two attached hydrogens (primary N) is 1. The van der Waals surface area contributed by atoms with E-state index in [0.29, 0.717) is 23.7 Å². The number of aromatic nitrogens is 1. The number of thiazole rings is 1. The van der Waals surface area contributed by atoms with E-state index in [1.165, 1.54) is 17.4 Å². The largest absolute Gasteiger partial charge is 0.491 e. The Morgan fingerprint density at radius 3 is 2.69 bits per heavy atom. The summed E-state index contributed by atoms with van der Waals surface area (Å²) in [5.41, 5.74) is 7.09.